The molecule has 0 amide bonds. The highest BCUT2D eigenvalue weighted by Gasteiger charge is 2.15. The van der Waals surface area contributed by atoms with Gasteiger partial charge in [-0.05, 0) is 18.6 Å². The molecule has 0 saturated heterocycles. The second-order valence-corrected chi connectivity index (χ2v) is 4.28. The summed E-state index contributed by atoms with van der Waals surface area (Å²) in [5.41, 5.74) is 0.212. The number of anilines is 1. The summed E-state index contributed by atoms with van der Waals surface area (Å²) in [4.78, 5) is 21.2. The number of nitrogens with one attached hydrogen (secondary N) is 1. The lowest BCUT2D eigenvalue weighted by Gasteiger charge is -2.07. The molecule has 0 fully saturated rings. The van der Waals surface area contributed by atoms with Crippen LogP contribution in [0.3, 0.4) is 0 Å². The fraction of sp³-hybridized carbons (Fsp3) is 0.462. The van der Waals surface area contributed by atoms with Gasteiger partial charge in [0.1, 0.15) is 5.69 Å². The van der Waals surface area contributed by atoms with Gasteiger partial charge in [-0.1, -0.05) is 26.2 Å². The van der Waals surface area contributed by atoms with E-state index < -0.39 is 10.9 Å². The summed E-state index contributed by atoms with van der Waals surface area (Å²) in [6.45, 7) is 2.71. The lowest BCUT2D eigenvalue weighted by molar-refractivity contribution is -0.384. The minimum Gasteiger partial charge on any atom is -0.478 e. The van der Waals surface area contributed by atoms with Gasteiger partial charge in [-0.2, -0.15) is 0 Å². The van der Waals surface area contributed by atoms with Gasteiger partial charge in [0.2, 0.25) is 0 Å². The zero-order chi connectivity index (χ0) is 14.3. The number of hydrogen-bond donors (Lipinski definition) is 2. The predicted octanol–water partition coefficient (Wildman–Crippen LogP) is 3.29. The average molecular weight is 266 g/mol. The van der Waals surface area contributed by atoms with Gasteiger partial charge in [-0.3, -0.25) is 10.1 Å². The average Bonchev–Trinajstić information content (AvgIpc) is 2.38. The van der Waals surface area contributed by atoms with Crippen LogP contribution >= 0.6 is 0 Å². The van der Waals surface area contributed by atoms with Crippen molar-refractivity contribution in [1.29, 1.82) is 0 Å². The van der Waals surface area contributed by atoms with Gasteiger partial charge in [0.05, 0.1) is 10.5 Å². The summed E-state index contributed by atoms with van der Waals surface area (Å²) in [7, 11) is 0. The minimum absolute atomic E-state index is 0.0432. The largest absolute Gasteiger partial charge is 0.478 e. The lowest BCUT2D eigenvalue weighted by Crippen LogP contribution is -2.06. The first kappa shape index (κ1) is 14.9. The van der Waals surface area contributed by atoms with Gasteiger partial charge < -0.3 is 10.4 Å². The molecule has 0 aliphatic heterocycles. The Morgan fingerprint density at radius 3 is 2.68 bits per heavy atom. The van der Waals surface area contributed by atoms with E-state index in [1.165, 1.54) is 18.2 Å². The summed E-state index contributed by atoms with van der Waals surface area (Å²) in [6.07, 6.45) is 4.20. The number of carboxylic acids is 1. The quantitative estimate of drug-likeness (QED) is 0.428. The van der Waals surface area contributed by atoms with Crippen LogP contribution < -0.4 is 5.32 Å². The van der Waals surface area contributed by atoms with Gasteiger partial charge in [0.25, 0.3) is 5.69 Å². The number of nitro benzene ring substituents is 1. The van der Waals surface area contributed by atoms with Crippen LogP contribution in [0.2, 0.25) is 0 Å². The third-order valence-corrected chi connectivity index (χ3v) is 2.79. The highest BCUT2D eigenvalue weighted by molar-refractivity contribution is 5.90. The van der Waals surface area contributed by atoms with E-state index in [0.717, 1.165) is 25.7 Å². The molecular weight excluding hydrogens is 248 g/mol. The molecule has 0 aliphatic rings. The number of carboxylic acid groups (broad SMARTS) is 1. The fourth-order valence-electron chi connectivity index (χ4n) is 1.74. The van der Waals surface area contributed by atoms with Gasteiger partial charge in [0.15, 0.2) is 0 Å². The molecule has 0 saturated carbocycles. The highest BCUT2D eigenvalue weighted by Crippen LogP contribution is 2.25. The van der Waals surface area contributed by atoms with E-state index >= 15 is 0 Å². The van der Waals surface area contributed by atoms with Gasteiger partial charge >= 0.3 is 5.97 Å². The van der Waals surface area contributed by atoms with E-state index in [9.17, 15) is 14.9 Å². The number of rotatable bonds is 8. The molecule has 0 spiro atoms. The van der Waals surface area contributed by atoms with Crippen LogP contribution in [0.5, 0.6) is 0 Å². The van der Waals surface area contributed by atoms with Gasteiger partial charge in [-0.15, -0.1) is 0 Å². The molecule has 1 rings (SSSR count). The van der Waals surface area contributed by atoms with Crippen molar-refractivity contribution >= 4 is 17.3 Å². The molecule has 104 valence electrons. The van der Waals surface area contributed by atoms with Crippen molar-refractivity contribution in [3.05, 3.63) is 33.9 Å². The van der Waals surface area contributed by atoms with Crippen LogP contribution in [0.4, 0.5) is 11.4 Å². The van der Waals surface area contributed by atoms with Crippen LogP contribution in [0.1, 0.15) is 43.0 Å². The third-order valence-electron chi connectivity index (χ3n) is 2.79. The Morgan fingerprint density at radius 1 is 1.37 bits per heavy atom. The van der Waals surface area contributed by atoms with Crippen molar-refractivity contribution in [3.63, 3.8) is 0 Å². The van der Waals surface area contributed by atoms with E-state index in [4.69, 9.17) is 5.11 Å². The number of nitrogens with zero attached hydrogens (tertiary/aromatic N) is 1. The van der Waals surface area contributed by atoms with Crippen molar-refractivity contribution < 1.29 is 14.8 Å². The minimum atomic E-state index is -1.09. The van der Waals surface area contributed by atoms with Gasteiger partial charge in [0, 0.05) is 12.6 Å². The molecule has 0 aliphatic carbocycles. The maximum Gasteiger partial charge on any atom is 0.335 e. The van der Waals surface area contributed by atoms with Crippen LogP contribution in [-0.4, -0.2) is 22.5 Å². The smallest absolute Gasteiger partial charge is 0.335 e. The summed E-state index contributed by atoms with van der Waals surface area (Å²) in [5, 5.41) is 22.7. The monoisotopic (exact) mass is 266 g/mol. The third kappa shape index (κ3) is 4.57. The number of nitro groups is 1. The zero-order valence-electron chi connectivity index (χ0n) is 10.9. The van der Waals surface area contributed by atoms with Crippen molar-refractivity contribution in [1.82, 2.24) is 0 Å². The van der Waals surface area contributed by atoms with E-state index in [1.807, 2.05) is 0 Å². The van der Waals surface area contributed by atoms with Crippen LogP contribution in [0, 0.1) is 10.1 Å². The molecule has 6 heteroatoms. The molecule has 0 radical (unpaired) electrons. The Bertz CT molecular complexity index is 460. The van der Waals surface area contributed by atoms with Gasteiger partial charge in [-0.25, -0.2) is 4.79 Å². The van der Waals surface area contributed by atoms with Crippen molar-refractivity contribution in [2.75, 3.05) is 11.9 Å². The molecule has 1 aromatic carbocycles. The normalized spacial score (nSPS) is 10.2. The maximum atomic E-state index is 10.9. The fourth-order valence-corrected chi connectivity index (χ4v) is 1.74. The van der Waals surface area contributed by atoms with Crippen LogP contribution in [0.15, 0.2) is 18.2 Å². The second-order valence-electron chi connectivity index (χ2n) is 4.28. The Labute approximate surface area is 111 Å². The summed E-state index contributed by atoms with van der Waals surface area (Å²) < 4.78 is 0. The molecule has 1 aromatic rings. The van der Waals surface area contributed by atoms with E-state index in [2.05, 4.69) is 12.2 Å². The standard InChI is InChI=1S/C13H18N2O4/c1-2-3-4-5-8-14-11-9-10(13(16)17)6-7-12(11)15(18)19/h6-7,9,14H,2-5,8H2,1H3,(H,16,17). The number of unbranched alkanes of at least 4 members (excludes halogenated alkanes) is 3. The number of aromatic carboxylic acids is 1. The van der Waals surface area contributed by atoms with E-state index in [1.54, 1.807) is 0 Å². The summed E-state index contributed by atoms with van der Waals surface area (Å²) in [5.74, 6) is -1.09. The Kier molecular flexibility index (Phi) is 5.78. The number of carbonyl (C=O) groups is 1. The molecule has 0 heterocycles. The van der Waals surface area contributed by atoms with Crippen LogP contribution in [-0.2, 0) is 0 Å². The Morgan fingerprint density at radius 2 is 2.11 bits per heavy atom. The molecule has 0 unspecified atom stereocenters. The first-order valence-electron chi connectivity index (χ1n) is 6.32. The molecule has 6 nitrogen and oxygen atoms in total. The first-order chi connectivity index (χ1) is 9.06. The Hall–Kier alpha value is -2.11. The molecule has 2 N–H and O–H groups in total. The maximum absolute atomic E-state index is 10.9. The molecule has 0 atom stereocenters. The summed E-state index contributed by atoms with van der Waals surface area (Å²) in [6, 6.07) is 3.76. The van der Waals surface area contributed by atoms with Crippen molar-refractivity contribution in [2.45, 2.75) is 32.6 Å². The Balaban J connectivity index is 2.74. The van der Waals surface area contributed by atoms with Crippen LogP contribution in [0.25, 0.3) is 0 Å². The van der Waals surface area contributed by atoms with E-state index in [0.29, 0.717) is 6.54 Å². The summed E-state index contributed by atoms with van der Waals surface area (Å²) >= 11 is 0. The SMILES string of the molecule is CCCCCCNc1cc(C(=O)O)ccc1[N+](=O)[O-]. The second kappa shape index (κ2) is 7.35. The molecule has 19 heavy (non-hydrogen) atoms. The van der Waals surface area contributed by atoms with Crippen molar-refractivity contribution in [3.8, 4) is 0 Å². The molecule has 0 bridgehead atoms. The topological polar surface area (TPSA) is 92.5 Å². The lowest BCUT2D eigenvalue weighted by atomic mass is 10.1. The first-order valence-corrected chi connectivity index (χ1v) is 6.32. The number of hydrogen-bond acceptors (Lipinski definition) is 4. The van der Waals surface area contributed by atoms with Crippen molar-refractivity contribution in [2.24, 2.45) is 0 Å². The highest BCUT2D eigenvalue weighted by atomic mass is 16.6. The molecular formula is C13H18N2O4. The van der Waals surface area contributed by atoms with E-state index in [-0.39, 0.29) is 16.9 Å². The predicted molar refractivity (Wildman–Crippen MR) is 72.7 cm³/mol. The molecule has 0 aromatic heterocycles. The number of benzene rings is 1. The zero-order valence-corrected chi connectivity index (χ0v) is 10.9.